The summed E-state index contributed by atoms with van der Waals surface area (Å²) in [4.78, 5) is 12.6. The molecule has 0 saturated carbocycles. The second-order valence-electron chi connectivity index (χ2n) is 6.37. The number of nitrogens with zero attached hydrogens (tertiary/aromatic N) is 1. The summed E-state index contributed by atoms with van der Waals surface area (Å²) in [5, 5.41) is 10.0. The SMILES string of the molecule is COc1ccc(Cl)c(-c2cc(C(=O)Nc3ccc(C)c(NS(C)(=O)=O)c3)[nH]n2)c1. The Morgan fingerprint density at radius 2 is 1.93 bits per heavy atom. The number of hydrogen-bond acceptors (Lipinski definition) is 5. The van der Waals surface area contributed by atoms with Crippen LogP contribution in [0.5, 0.6) is 5.75 Å². The first-order chi connectivity index (χ1) is 13.7. The van der Waals surface area contributed by atoms with Crippen molar-refractivity contribution in [2.75, 3.05) is 23.4 Å². The van der Waals surface area contributed by atoms with Gasteiger partial charge in [-0.05, 0) is 48.9 Å². The number of rotatable bonds is 6. The molecule has 3 N–H and O–H groups in total. The molecule has 0 radical (unpaired) electrons. The highest BCUT2D eigenvalue weighted by atomic mass is 35.5. The molecule has 3 aromatic rings. The van der Waals surface area contributed by atoms with Crippen LogP contribution in [0.4, 0.5) is 11.4 Å². The maximum atomic E-state index is 12.6. The highest BCUT2D eigenvalue weighted by Crippen LogP contribution is 2.30. The number of halogens is 1. The van der Waals surface area contributed by atoms with E-state index in [4.69, 9.17) is 16.3 Å². The quantitative estimate of drug-likeness (QED) is 0.547. The fourth-order valence-electron chi connectivity index (χ4n) is 2.61. The second-order valence-corrected chi connectivity index (χ2v) is 8.53. The Morgan fingerprint density at radius 3 is 2.62 bits per heavy atom. The van der Waals surface area contributed by atoms with E-state index in [-0.39, 0.29) is 5.69 Å². The highest BCUT2D eigenvalue weighted by molar-refractivity contribution is 7.92. The molecule has 0 spiro atoms. The molecule has 10 heteroatoms. The van der Waals surface area contributed by atoms with Gasteiger partial charge in [0, 0.05) is 11.3 Å². The molecular weight excluding hydrogens is 416 g/mol. The molecular formula is C19H19ClN4O4S. The van der Waals surface area contributed by atoms with Crippen LogP contribution in [0, 0.1) is 6.92 Å². The molecule has 0 aliphatic carbocycles. The Hall–Kier alpha value is -3.04. The van der Waals surface area contributed by atoms with Crippen LogP contribution < -0.4 is 14.8 Å². The zero-order valence-corrected chi connectivity index (χ0v) is 17.5. The molecule has 8 nitrogen and oxygen atoms in total. The van der Waals surface area contributed by atoms with E-state index in [0.717, 1.165) is 11.8 Å². The van der Waals surface area contributed by atoms with Gasteiger partial charge in [0.1, 0.15) is 11.4 Å². The van der Waals surface area contributed by atoms with Crippen LogP contribution in [0.2, 0.25) is 5.02 Å². The van der Waals surface area contributed by atoms with E-state index in [1.807, 2.05) is 0 Å². The van der Waals surface area contributed by atoms with Gasteiger partial charge >= 0.3 is 0 Å². The lowest BCUT2D eigenvalue weighted by Gasteiger charge is -2.10. The molecule has 0 bridgehead atoms. The molecule has 0 aliphatic rings. The number of hydrogen-bond donors (Lipinski definition) is 3. The molecule has 29 heavy (non-hydrogen) atoms. The maximum absolute atomic E-state index is 12.6. The number of anilines is 2. The van der Waals surface area contributed by atoms with Crippen LogP contribution in [0.15, 0.2) is 42.5 Å². The smallest absolute Gasteiger partial charge is 0.273 e. The van der Waals surface area contributed by atoms with E-state index in [2.05, 4.69) is 20.2 Å². The zero-order valence-electron chi connectivity index (χ0n) is 15.9. The van der Waals surface area contributed by atoms with Gasteiger partial charge in [-0.25, -0.2) is 8.42 Å². The normalized spacial score (nSPS) is 11.2. The van der Waals surface area contributed by atoms with Crippen molar-refractivity contribution in [3.8, 4) is 17.0 Å². The van der Waals surface area contributed by atoms with Gasteiger partial charge in [0.2, 0.25) is 10.0 Å². The molecule has 0 fully saturated rings. The van der Waals surface area contributed by atoms with Crippen LogP contribution in [0.3, 0.4) is 0 Å². The third-order valence-electron chi connectivity index (χ3n) is 4.06. The van der Waals surface area contributed by atoms with Gasteiger partial charge in [-0.15, -0.1) is 0 Å². The summed E-state index contributed by atoms with van der Waals surface area (Å²) in [7, 11) is -1.89. The van der Waals surface area contributed by atoms with E-state index >= 15 is 0 Å². The average Bonchev–Trinajstić information content (AvgIpc) is 3.14. The molecule has 0 aliphatic heterocycles. The number of methoxy groups -OCH3 is 1. The number of sulfonamides is 1. The van der Waals surface area contributed by atoms with Crippen LogP contribution in [0.25, 0.3) is 11.3 Å². The van der Waals surface area contributed by atoms with Gasteiger partial charge in [0.05, 0.1) is 29.8 Å². The first-order valence-corrected chi connectivity index (χ1v) is 10.7. The van der Waals surface area contributed by atoms with Gasteiger partial charge in [0.25, 0.3) is 5.91 Å². The van der Waals surface area contributed by atoms with Crippen molar-refractivity contribution < 1.29 is 17.9 Å². The van der Waals surface area contributed by atoms with E-state index in [1.165, 1.54) is 0 Å². The van der Waals surface area contributed by atoms with E-state index in [9.17, 15) is 13.2 Å². The number of aryl methyl sites for hydroxylation is 1. The van der Waals surface area contributed by atoms with Gasteiger partial charge < -0.3 is 10.1 Å². The number of amides is 1. The molecule has 0 saturated heterocycles. The van der Waals surface area contributed by atoms with Crippen molar-refractivity contribution in [2.24, 2.45) is 0 Å². The Labute approximate surface area is 173 Å². The fourth-order valence-corrected chi connectivity index (χ4v) is 3.45. The molecule has 1 heterocycles. The molecule has 1 aromatic heterocycles. The Balaban J connectivity index is 1.82. The molecule has 1 amide bonds. The van der Waals surface area contributed by atoms with Crippen molar-refractivity contribution in [2.45, 2.75) is 6.92 Å². The number of aromatic amines is 1. The minimum Gasteiger partial charge on any atom is -0.497 e. The lowest BCUT2D eigenvalue weighted by molar-refractivity contribution is 0.102. The maximum Gasteiger partial charge on any atom is 0.273 e. The van der Waals surface area contributed by atoms with Crippen molar-refractivity contribution in [1.29, 1.82) is 0 Å². The summed E-state index contributed by atoms with van der Waals surface area (Å²) in [6.45, 7) is 1.76. The van der Waals surface area contributed by atoms with Crippen LogP contribution in [0.1, 0.15) is 16.1 Å². The Kier molecular flexibility index (Phi) is 5.81. The third-order valence-corrected chi connectivity index (χ3v) is 4.98. The van der Waals surface area contributed by atoms with Gasteiger partial charge in [-0.1, -0.05) is 17.7 Å². The number of ether oxygens (including phenoxy) is 1. The average molecular weight is 435 g/mol. The predicted molar refractivity (Wildman–Crippen MR) is 113 cm³/mol. The largest absolute Gasteiger partial charge is 0.497 e. The number of carbonyl (C=O) groups excluding carboxylic acids is 1. The minimum atomic E-state index is -3.44. The van der Waals surface area contributed by atoms with Crippen molar-refractivity contribution in [1.82, 2.24) is 10.2 Å². The zero-order chi connectivity index (χ0) is 21.2. The predicted octanol–water partition coefficient (Wildman–Crippen LogP) is 3.67. The number of H-pyrrole nitrogens is 1. The summed E-state index contributed by atoms with van der Waals surface area (Å²) in [6, 6.07) is 11.6. The van der Waals surface area contributed by atoms with E-state index < -0.39 is 15.9 Å². The molecule has 0 unspecified atom stereocenters. The summed E-state index contributed by atoms with van der Waals surface area (Å²) in [6.07, 6.45) is 1.06. The van der Waals surface area contributed by atoms with Crippen molar-refractivity contribution >= 4 is 38.9 Å². The lowest BCUT2D eigenvalue weighted by Crippen LogP contribution is -2.14. The molecule has 2 aromatic carbocycles. The summed E-state index contributed by atoms with van der Waals surface area (Å²) >= 11 is 6.23. The number of benzene rings is 2. The third kappa shape index (κ3) is 5.07. The number of nitrogens with one attached hydrogen (secondary N) is 3. The minimum absolute atomic E-state index is 0.220. The number of aromatic nitrogens is 2. The highest BCUT2D eigenvalue weighted by Gasteiger charge is 2.15. The molecule has 0 atom stereocenters. The van der Waals surface area contributed by atoms with Gasteiger partial charge in [-0.3, -0.25) is 14.6 Å². The summed E-state index contributed by atoms with van der Waals surface area (Å²) in [5.74, 6) is 0.181. The monoisotopic (exact) mass is 434 g/mol. The first-order valence-electron chi connectivity index (χ1n) is 8.45. The Morgan fingerprint density at radius 1 is 1.17 bits per heavy atom. The second kappa shape index (κ2) is 8.14. The summed E-state index contributed by atoms with van der Waals surface area (Å²) < 4.78 is 30.6. The van der Waals surface area contributed by atoms with Crippen LogP contribution in [-0.4, -0.2) is 37.9 Å². The van der Waals surface area contributed by atoms with Crippen LogP contribution in [-0.2, 0) is 10.0 Å². The first kappa shape index (κ1) is 20.7. The molecule has 152 valence electrons. The Bertz CT molecular complexity index is 1170. The summed E-state index contributed by atoms with van der Waals surface area (Å²) in [5.41, 5.74) is 2.88. The van der Waals surface area contributed by atoms with E-state index in [0.29, 0.717) is 33.4 Å². The van der Waals surface area contributed by atoms with Gasteiger partial charge in [0.15, 0.2) is 0 Å². The van der Waals surface area contributed by atoms with E-state index in [1.54, 1.807) is 56.5 Å². The standard InChI is InChI=1S/C19H19ClN4O4S/c1-11-4-5-12(8-16(11)24-29(3,26)27)21-19(25)18-10-17(22-23-18)14-9-13(28-2)6-7-15(14)20/h4-10,24H,1-3H3,(H,21,25)(H,22,23). The lowest BCUT2D eigenvalue weighted by atomic mass is 10.1. The number of carbonyl (C=O) groups is 1. The molecule has 3 rings (SSSR count). The van der Waals surface area contributed by atoms with Gasteiger partial charge in [-0.2, -0.15) is 5.10 Å². The fraction of sp³-hybridized carbons (Fsp3) is 0.158. The van der Waals surface area contributed by atoms with Crippen molar-refractivity contribution in [3.63, 3.8) is 0 Å². The van der Waals surface area contributed by atoms with Crippen LogP contribution >= 0.6 is 11.6 Å². The topological polar surface area (TPSA) is 113 Å². The van der Waals surface area contributed by atoms with Crippen molar-refractivity contribution in [3.05, 3.63) is 58.7 Å².